The van der Waals surface area contributed by atoms with E-state index < -0.39 is 16.9 Å². The lowest BCUT2D eigenvalue weighted by Crippen LogP contribution is -2.31. The number of benzene rings is 2. The summed E-state index contributed by atoms with van der Waals surface area (Å²) < 4.78 is 7.07. The number of nitro groups is 1. The number of carbonyl (C=O) groups is 1. The SMILES string of the molecule is COc1cccc([C@@H](NC(=O)c2cccc([N+](=O)[O-])c2)c2nccn2C)c1. The molecule has 8 heteroatoms. The van der Waals surface area contributed by atoms with Crippen LogP contribution in [0.1, 0.15) is 27.8 Å². The number of ether oxygens (including phenoxy) is 1. The van der Waals surface area contributed by atoms with Crippen molar-refractivity contribution < 1.29 is 14.5 Å². The molecule has 0 radical (unpaired) electrons. The zero-order chi connectivity index (χ0) is 19.4. The van der Waals surface area contributed by atoms with E-state index in [-0.39, 0.29) is 11.3 Å². The molecule has 2 aromatic carbocycles. The van der Waals surface area contributed by atoms with Gasteiger partial charge in [0.1, 0.15) is 17.6 Å². The fourth-order valence-corrected chi connectivity index (χ4v) is 2.75. The topological polar surface area (TPSA) is 99.3 Å². The quantitative estimate of drug-likeness (QED) is 0.534. The average molecular weight is 366 g/mol. The van der Waals surface area contributed by atoms with E-state index in [1.165, 1.54) is 24.3 Å². The van der Waals surface area contributed by atoms with Crippen LogP contribution in [0.25, 0.3) is 0 Å². The summed E-state index contributed by atoms with van der Waals surface area (Å²) in [5.41, 5.74) is 0.839. The van der Waals surface area contributed by atoms with E-state index in [0.29, 0.717) is 11.6 Å². The van der Waals surface area contributed by atoms with Crippen molar-refractivity contribution in [2.75, 3.05) is 7.11 Å². The molecule has 0 aliphatic rings. The van der Waals surface area contributed by atoms with Gasteiger partial charge in [-0.3, -0.25) is 14.9 Å². The average Bonchev–Trinajstić information content (AvgIpc) is 3.11. The van der Waals surface area contributed by atoms with Crippen molar-refractivity contribution in [3.05, 3.63) is 88.0 Å². The van der Waals surface area contributed by atoms with Gasteiger partial charge < -0.3 is 14.6 Å². The highest BCUT2D eigenvalue weighted by Gasteiger charge is 2.22. The Bertz CT molecular complexity index is 983. The van der Waals surface area contributed by atoms with Crippen LogP contribution in [-0.4, -0.2) is 27.5 Å². The molecule has 138 valence electrons. The predicted octanol–water partition coefficient (Wildman–Crippen LogP) is 2.86. The first-order valence-corrected chi connectivity index (χ1v) is 8.16. The highest BCUT2D eigenvalue weighted by Crippen LogP contribution is 2.25. The first-order valence-electron chi connectivity index (χ1n) is 8.16. The van der Waals surface area contributed by atoms with Crippen LogP contribution in [0.15, 0.2) is 60.9 Å². The number of rotatable bonds is 6. The molecule has 0 saturated carbocycles. The molecule has 0 aliphatic carbocycles. The fraction of sp³-hybridized carbons (Fsp3) is 0.158. The summed E-state index contributed by atoms with van der Waals surface area (Å²) >= 11 is 0. The first kappa shape index (κ1) is 18.1. The van der Waals surface area contributed by atoms with E-state index >= 15 is 0 Å². The number of non-ortho nitro benzene ring substituents is 1. The molecule has 1 heterocycles. The zero-order valence-corrected chi connectivity index (χ0v) is 14.8. The van der Waals surface area contributed by atoms with Gasteiger partial charge in [-0.1, -0.05) is 18.2 Å². The minimum atomic E-state index is -0.549. The summed E-state index contributed by atoms with van der Waals surface area (Å²) in [5.74, 6) is 0.841. The van der Waals surface area contributed by atoms with Gasteiger partial charge in [-0.05, 0) is 23.8 Å². The standard InChI is InChI=1S/C19H18N4O4/c1-22-10-9-20-18(22)17(13-5-4-8-16(12-13)27-2)21-19(24)14-6-3-7-15(11-14)23(25)26/h3-12,17H,1-2H3,(H,21,24)/t17-/m1/s1. The maximum atomic E-state index is 12.8. The zero-order valence-electron chi connectivity index (χ0n) is 14.8. The first-order chi connectivity index (χ1) is 13.0. The van der Waals surface area contributed by atoms with Crippen LogP contribution in [0.5, 0.6) is 5.75 Å². The third kappa shape index (κ3) is 3.95. The lowest BCUT2D eigenvalue weighted by molar-refractivity contribution is -0.384. The van der Waals surface area contributed by atoms with Crippen molar-refractivity contribution in [3.63, 3.8) is 0 Å². The van der Waals surface area contributed by atoms with Crippen molar-refractivity contribution in [3.8, 4) is 5.75 Å². The predicted molar refractivity (Wildman–Crippen MR) is 98.6 cm³/mol. The molecule has 1 N–H and O–H groups in total. The summed E-state index contributed by atoms with van der Waals surface area (Å²) in [4.78, 5) is 27.5. The minimum absolute atomic E-state index is 0.141. The number of hydrogen-bond acceptors (Lipinski definition) is 5. The van der Waals surface area contributed by atoms with Gasteiger partial charge in [0.05, 0.1) is 12.0 Å². The monoisotopic (exact) mass is 366 g/mol. The van der Waals surface area contributed by atoms with Crippen molar-refractivity contribution in [2.24, 2.45) is 7.05 Å². The Morgan fingerprint density at radius 1 is 1.26 bits per heavy atom. The van der Waals surface area contributed by atoms with Crippen LogP contribution in [0.2, 0.25) is 0 Å². The highest BCUT2D eigenvalue weighted by atomic mass is 16.6. The van der Waals surface area contributed by atoms with Crippen LogP contribution in [0, 0.1) is 10.1 Å². The molecule has 3 rings (SSSR count). The number of methoxy groups -OCH3 is 1. The Balaban J connectivity index is 1.96. The highest BCUT2D eigenvalue weighted by molar-refractivity contribution is 5.95. The number of nitro benzene ring substituents is 1. The number of imidazole rings is 1. The Morgan fingerprint density at radius 3 is 2.70 bits per heavy atom. The molecule has 1 aromatic heterocycles. The Morgan fingerprint density at radius 2 is 2.04 bits per heavy atom. The maximum Gasteiger partial charge on any atom is 0.270 e. The third-order valence-electron chi connectivity index (χ3n) is 4.14. The van der Waals surface area contributed by atoms with Crippen molar-refractivity contribution in [2.45, 2.75) is 6.04 Å². The molecule has 1 amide bonds. The van der Waals surface area contributed by atoms with Gasteiger partial charge in [0, 0.05) is 37.1 Å². The van der Waals surface area contributed by atoms with E-state index in [0.717, 1.165) is 5.56 Å². The lowest BCUT2D eigenvalue weighted by Gasteiger charge is -2.20. The van der Waals surface area contributed by atoms with E-state index in [1.807, 2.05) is 25.2 Å². The molecule has 27 heavy (non-hydrogen) atoms. The Kier molecular flexibility index (Phi) is 5.16. The molecule has 0 saturated heterocycles. The fourth-order valence-electron chi connectivity index (χ4n) is 2.75. The van der Waals surface area contributed by atoms with Gasteiger partial charge in [0.15, 0.2) is 0 Å². The number of nitrogens with one attached hydrogen (secondary N) is 1. The second kappa shape index (κ2) is 7.69. The van der Waals surface area contributed by atoms with Crippen LogP contribution in [0.4, 0.5) is 5.69 Å². The second-order valence-corrected chi connectivity index (χ2v) is 5.89. The number of nitrogens with zero attached hydrogens (tertiary/aromatic N) is 3. The summed E-state index contributed by atoms with van der Waals surface area (Å²) in [6, 6.07) is 12.4. The van der Waals surface area contributed by atoms with Crippen LogP contribution >= 0.6 is 0 Å². The number of amides is 1. The number of hydrogen-bond donors (Lipinski definition) is 1. The van der Waals surface area contributed by atoms with Gasteiger partial charge in [0.25, 0.3) is 11.6 Å². The molecule has 0 fully saturated rings. The Hall–Kier alpha value is -3.68. The van der Waals surface area contributed by atoms with Crippen LogP contribution in [-0.2, 0) is 7.05 Å². The van der Waals surface area contributed by atoms with E-state index in [9.17, 15) is 14.9 Å². The van der Waals surface area contributed by atoms with Gasteiger partial charge >= 0.3 is 0 Å². The van der Waals surface area contributed by atoms with Gasteiger partial charge in [-0.15, -0.1) is 0 Å². The maximum absolute atomic E-state index is 12.8. The molecule has 8 nitrogen and oxygen atoms in total. The molecule has 0 aliphatic heterocycles. The molecule has 3 aromatic rings. The van der Waals surface area contributed by atoms with Crippen molar-refractivity contribution >= 4 is 11.6 Å². The molecule has 0 unspecified atom stereocenters. The van der Waals surface area contributed by atoms with Gasteiger partial charge in [-0.2, -0.15) is 0 Å². The number of aryl methyl sites for hydroxylation is 1. The van der Waals surface area contributed by atoms with Gasteiger partial charge in [0.2, 0.25) is 0 Å². The van der Waals surface area contributed by atoms with E-state index in [4.69, 9.17) is 4.74 Å². The number of aromatic nitrogens is 2. The smallest absolute Gasteiger partial charge is 0.270 e. The third-order valence-corrected chi connectivity index (χ3v) is 4.14. The molecule has 1 atom stereocenters. The molecular weight excluding hydrogens is 348 g/mol. The van der Waals surface area contributed by atoms with Crippen molar-refractivity contribution in [1.82, 2.24) is 14.9 Å². The molecule has 0 spiro atoms. The molecule has 0 bridgehead atoms. The summed E-state index contributed by atoms with van der Waals surface area (Å²) in [5, 5.41) is 13.9. The molecular formula is C19H18N4O4. The van der Waals surface area contributed by atoms with Crippen molar-refractivity contribution in [1.29, 1.82) is 0 Å². The van der Waals surface area contributed by atoms with E-state index in [1.54, 1.807) is 30.1 Å². The second-order valence-electron chi connectivity index (χ2n) is 5.89. The normalized spacial score (nSPS) is 11.6. The summed E-state index contributed by atoms with van der Waals surface area (Å²) in [6.07, 6.45) is 3.42. The van der Waals surface area contributed by atoms with Gasteiger partial charge in [-0.25, -0.2) is 4.98 Å². The minimum Gasteiger partial charge on any atom is -0.497 e. The van der Waals surface area contributed by atoms with E-state index in [2.05, 4.69) is 10.3 Å². The largest absolute Gasteiger partial charge is 0.497 e. The Labute approximate surface area is 155 Å². The lowest BCUT2D eigenvalue weighted by atomic mass is 10.0. The summed E-state index contributed by atoms with van der Waals surface area (Å²) in [7, 11) is 3.39. The van der Waals surface area contributed by atoms with Crippen LogP contribution in [0.3, 0.4) is 0 Å². The number of carbonyl (C=O) groups excluding carboxylic acids is 1. The van der Waals surface area contributed by atoms with Crippen LogP contribution < -0.4 is 10.1 Å². The summed E-state index contributed by atoms with van der Waals surface area (Å²) in [6.45, 7) is 0.